The molecule has 1 N–H and O–H groups in total. The Morgan fingerprint density at radius 3 is 2.46 bits per heavy atom. The largest absolute Gasteiger partial charge is 0.497 e. The minimum atomic E-state index is -0.322. The number of carbonyl (C=O) groups is 1. The molecule has 1 heterocycles. The summed E-state index contributed by atoms with van der Waals surface area (Å²) < 4.78 is 10.4. The van der Waals surface area contributed by atoms with Crippen LogP contribution < -0.4 is 10.1 Å². The number of rotatable bonds is 8. The second kappa shape index (κ2) is 10.2. The van der Waals surface area contributed by atoms with Gasteiger partial charge in [-0.15, -0.1) is 0 Å². The summed E-state index contributed by atoms with van der Waals surface area (Å²) in [6, 6.07) is 17.1. The number of ether oxygens (including phenoxy) is 2. The Balaban J connectivity index is 1.73. The smallest absolute Gasteiger partial charge is 0.246 e. The molecule has 1 atom stereocenters. The van der Waals surface area contributed by atoms with Gasteiger partial charge >= 0.3 is 0 Å². The van der Waals surface area contributed by atoms with E-state index in [-0.39, 0.29) is 11.9 Å². The molecule has 3 rings (SSSR count). The van der Waals surface area contributed by atoms with Crippen molar-refractivity contribution >= 4 is 11.6 Å². The Morgan fingerprint density at radius 1 is 1.04 bits per heavy atom. The Bertz CT molecular complexity index is 746. The maximum Gasteiger partial charge on any atom is 0.246 e. The molecule has 2 aromatic rings. The quantitative estimate of drug-likeness (QED) is 0.760. The summed E-state index contributed by atoms with van der Waals surface area (Å²) in [5, 5.41) is 3.06. The molecule has 0 aromatic heterocycles. The molecule has 150 valence electrons. The molecule has 0 saturated carbocycles. The summed E-state index contributed by atoms with van der Waals surface area (Å²) in [5.41, 5.74) is 1.75. The highest BCUT2D eigenvalue weighted by Gasteiger charge is 2.30. The number of methoxy groups -OCH3 is 2. The van der Waals surface area contributed by atoms with Crippen LogP contribution in [0.25, 0.3) is 0 Å². The first-order chi connectivity index (χ1) is 13.7. The fraction of sp³-hybridized carbons (Fsp3) is 0.409. The molecule has 0 bridgehead atoms. The maximum absolute atomic E-state index is 13.2. The van der Waals surface area contributed by atoms with Crippen LogP contribution in [0.5, 0.6) is 5.75 Å². The van der Waals surface area contributed by atoms with Gasteiger partial charge < -0.3 is 14.8 Å². The average Bonchev–Trinajstić information content (AvgIpc) is 2.74. The molecular formula is C22H29N3O3. The van der Waals surface area contributed by atoms with Crippen LogP contribution in [0, 0.1) is 0 Å². The van der Waals surface area contributed by atoms with Gasteiger partial charge in [0.25, 0.3) is 0 Å². The number of hydrogen-bond acceptors (Lipinski definition) is 5. The molecule has 1 fully saturated rings. The summed E-state index contributed by atoms with van der Waals surface area (Å²) in [6.45, 7) is 5.21. The third kappa shape index (κ3) is 5.32. The first-order valence-corrected chi connectivity index (χ1v) is 9.66. The predicted molar refractivity (Wildman–Crippen MR) is 111 cm³/mol. The van der Waals surface area contributed by atoms with Crippen molar-refractivity contribution in [3.63, 3.8) is 0 Å². The summed E-state index contributed by atoms with van der Waals surface area (Å²) in [4.78, 5) is 17.9. The van der Waals surface area contributed by atoms with Gasteiger partial charge in [0.15, 0.2) is 0 Å². The molecule has 1 saturated heterocycles. The van der Waals surface area contributed by atoms with E-state index in [0.29, 0.717) is 0 Å². The van der Waals surface area contributed by atoms with Crippen molar-refractivity contribution in [2.24, 2.45) is 0 Å². The molecule has 0 radical (unpaired) electrons. The molecule has 0 spiro atoms. The lowest BCUT2D eigenvalue weighted by Crippen LogP contribution is -2.50. The van der Waals surface area contributed by atoms with E-state index in [1.165, 1.54) is 0 Å². The van der Waals surface area contributed by atoms with E-state index in [1.807, 2.05) is 54.6 Å². The number of amides is 1. The van der Waals surface area contributed by atoms with Gasteiger partial charge in [0.1, 0.15) is 11.8 Å². The molecule has 2 aromatic carbocycles. The summed E-state index contributed by atoms with van der Waals surface area (Å²) >= 11 is 0. The zero-order valence-electron chi connectivity index (χ0n) is 16.6. The maximum atomic E-state index is 13.2. The standard InChI is InChI=1S/C22H29N3O3/c1-27-16-15-24-11-13-25(14-12-24)21(18-7-4-3-5-8-18)22(26)23-19-9-6-10-20(17-19)28-2/h3-10,17,21H,11-16H2,1-2H3,(H,23,26)/t21-/m1/s1. The van der Waals surface area contributed by atoms with Gasteiger partial charge in [0.05, 0.1) is 13.7 Å². The summed E-state index contributed by atoms with van der Waals surface area (Å²) in [6.07, 6.45) is 0. The number of nitrogens with one attached hydrogen (secondary N) is 1. The van der Waals surface area contributed by atoms with Crippen molar-refractivity contribution in [2.75, 3.05) is 58.9 Å². The van der Waals surface area contributed by atoms with Crippen LogP contribution >= 0.6 is 0 Å². The molecule has 1 amide bonds. The highest BCUT2D eigenvalue weighted by molar-refractivity contribution is 5.95. The molecule has 0 aliphatic carbocycles. The van der Waals surface area contributed by atoms with Crippen molar-refractivity contribution in [1.29, 1.82) is 0 Å². The third-order valence-corrected chi connectivity index (χ3v) is 5.08. The van der Waals surface area contributed by atoms with Crippen LogP contribution in [0.4, 0.5) is 5.69 Å². The van der Waals surface area contributed by atoms with Gasteiger partial charge in [-0.25, -0.2) is 0 Å². The van der Waals surface area contributed by atoms with Gasteiger partial charge in [0.2, 0.25) is 5.91 Å². The van der Waals surface area contributed by atoms with Gasteiger partial charge in [-0.05, 0) is 17.7 Å². The zero-order chi connectivity index (χ0) is 19.8. The second-order valence-electron chi connectivity index (χ2n) is 6.90. The number of benzene rings is 2. The highest BCUT2D eigenvalue weighted by atomic mass is 16.5. The van der Waals surface area contributed by atoms with Gasteiger partial charge in [-0.1, -0.05) is 36.4 Å². The number of hydrogen-bond donors (Lipinski definition) is 1. The van der Waals surface area contributed by atoms with E-state index in [0.717, 1.165) is 56.3 Å². The van der Waals surface area contributed by atoms with Crippen LogP contribution in [-0.4, -0.2) is 69.3 Å². The number of piperazine rings is 1. The topological polar surface area (TPSA) is 54.0 Å². The van der Waals surface area contributed by atoms with E-state index in [4.69, 9.17) is 9.47 Å². The molecule has 1 aliphatic heterocycles. The van der Waals surface area contributed by atoms with Crippen molar-refractivity contribution in [3.8, 4) is 5.75 Å². The lowest BCUT2D eigenvalue weighted by atomic mass is 10.0. The van der Waals surface area contributed by atoms with E-state index >= 15 is 0 Å². The van der Waals surface area contributed by atoms with E-state index in [1.54, 1.807) is 14.2 Å². The predicted octanol–water partition coefficient (Wildman–Crippen LogP) is 2.64. The van der Waals surface area contributed by atoms with Crippen LogP contribution in [0.15, 0.2) is 54.6 Å². The third-order valence-electron chi connectivity index (χ3n) is 5.08. The lowest BCUT2D eigenvalue weighted by Gasteiger charge is -2.38. The first kappa shape index (κ1) is 20.3. The molecule has 1 aliphatic rings. The van der Waals surface area contributed by atoms with E-state index in [9.17, 15) is 4.79 Å². The Kier molecular flexibility index (Phi) is 7.42. The zero-order valence-corrected chi connectivity index (χ0v) is 16.6. The Hall–Kier alpha value is -2.41. The van der Waals surface area contributed by atoms with Crippen LogP contribution in [0.1, 0.15) is 11.6 Å². The fourth-order valence-electron chi connectivity index (χ4n) is 3.54. The molecule has 6 nitrogen and oxygen atoms in total. The SMILES string of the molecule is COCCN1CCN([C@@H](C(=O)Nc2cccc(OC)c2)c2ccccc2)CC1. The van der Waals surface area contributed by atoms with Gasteiger partial charge in [0, 0.05) is 51.6 Å². The van der Waals surface area contributed by atoms with Crippen LogP contribution in [0.2, 0.25) is 0 Å². The number of anilines is 1. The minimum Gasteiger partial charge on any atom is -0.497 e. The molecule has 0 unspecified atom stereocenters. The van der Waals surface area contributed by atoms with E-state index in [2.05, 4.69) is 15.1 Å². The van der Waals surface area contributed by atoms with Crippen LogP contribution in [0.3, 0.4) is 0 Å². The molecule has 28 heavy (non-hydrogen) atoms. The second-order valence-corrected chi connectivity index (χ2v) is 6.90. The van der Waals surface area contributed by atoms with Crippen molar-refractivity contribution in [3.05, 3.63) is 60.2 Å². The molecule has 6 heteroatoms. The number of carbonyl (C=O) groups excluding carboxylic acids is 1. The highest BCUT2D eigenvalue weighted by Crippen LogP contribution is 2.25. The fourth-order valence-corrected chi connectivity index (χ4v) is 3.54. The monoisotopic (exact) mass is 383 g/mol. The first-order valence-electron chi connectivity index (χ1n) is 9.66. The van der Waals surface area contributed by atoms with E-state index < -0.39 is 0 Å². The van der Waals surface area contributed by atoms with Crippen LogP contribution in [-0.2, 0) is 9.53 Å². The van der Waals surface area contributed by atoms with Gasteiger partial charge in [-0.3, -0.25) is 14.6 Å². The normalized spacial score (nSPS) is 16.5. The Morgan fingerprint density at radius 2 is 1.79 bits per heavy atom. The summed E-state index contributed by atoms with van der Waals surface area (Å²) in [7, 11) is 3.35. The summed E-state index contributed by atoms with van der Waals surface area (Å²) in [5.74, 6) is 0.700. The van der Waals surface area contributed by atoms with Crippen molar-refractivity contribution in [2.45, 2.75) is 6.04 Å². The Labute approximate surface area is 167 Å². The van der Waals surface area contributed by atoms with Gasteiger partial charge in [-0.2, -0.15) is 0 Å². The minimum absolute atomic E-state index is 0.0233. The number of nitrogens with zero attached hydrogens (tertiary/aromatic N) is 2. The lowest BCUT2D eigenvalue weighted by molar-refractivity contribution is -0.122. The average molecular weight is 383 g/mol. The van der Waals surface area contributed by atoms with Crippen molar-refractivity contribution in [1.82, 2.24) is 9.80 Å². The van der Waals surface area contributed by atoms with Crippen molar-refractivity contribution < 1.29 is 14.3 Å². The molecular weight excluding hydrogens is 354 g/mol.